The zero-order valence-corrected chi connectivity index (χ0v) is 18.0. The van der Waals surface area contributed by atoms with Crippen LogP contribution >= 0.6 is 0 Å². The predicted molar refractivity (Wildman–Crippen MR) is 118 cm³/mol. The summed E-state index contributed by atoms with van der Waals surface area (Å²) in [4.78, 5) is 39.3. The van der Waals surface area contributed by atoms with Crippen molar-refractivity contribution in [2.45, 2.75) is 0 Å². The highest BCUT2D eigenvalue weighted by molar-refractivity contribution is 6.39. The third kappa shape index (κ3) is 3.33. The first-order valence-electron chi connectivity index (χ1n) is 9.65. The molecule has 0 aliphatic carbocycles. The molecule has 0 spiro atoms. The molecule has 0 radical (unpaired) electrons. The standard InChI is InChI=1S/C23H21N3O6/c1-25-12-13(15-7-5-6-8-17(15)25)9-16-21(27)24-23(29)26(22(16)28)14-10-18(30-2)20(32-4)19(11-14)31-3/h5-12H,1-4H3,(H,24,27,29)/b16-9-. The molecule has 0 atom stereocenters. The van der Waals surface area contributed by atoms with Crippen molar-refractivity contribution in [1.82, 2.24) is 9.88 Å². The zero-order valence-electron chi connectivity index (χ0n) is 18.0. The normalized spacial score (nSPS) is 15.3. The van der Waals surface area contributed by atoms with Crippen molar-refractivity contribution < 1.29 is 28.6 Å². The summed E-state index contributed by atoms with van der Waals surface area (Å²) in [6.45, 7) is 0. The number of nitrogens with zero attached hydrogens (tertiary/aromatic N) is 2. The second kappa shape index (κ2) is 8.10. The number of hydrogen-bond acceptors (Lipinski definition) is 6. The highest BCUT2D eigenvalue weighted by atomic mass is 16.5. The molecule has 1 aliphatic rings. The fraction of sp³-hybridized carbons (Fsp3) is 0.174. The Bertz CT molecular complexity index is 1270. The fourth-order valence-electron chi connectivity index (χ4n) is 3.73. The number of rotatable bonds is 5. The smallest absolute Gasteiger partial charge is 0.335 e. The van der Waals surface area contributed by atoms with Crippen LogP contribution in [0, 0.1) is 0 Å². The number of ether oxygens (including phenoxy) is 3. The van der Waals surface area contributed by atoms with E-state index in [1.807, 2.05) is 42.1 Å². The van der Waals surface area contributed by atoms with Crippen LogP contribution in [0.15, 0.2) is 48.2 Å². The first-order chi connectivity index (χ1) is 15.4. The van der Waals surface area contributed by atoms with Crippen molar-refractivity contribution in [3.63, 3.8) is 0 Å². The van der Waals surface area contributed by atoms with Crippen molar-refractivity contribution in [3.05, 3.63) is 53.7 Å². The first-order valence-corrected chi connectivity index (χ1v) is 9.65. The molecule has 2 aromatic carbocycles. The number of aromatic nitrogens is 1. The summed E-state index contributed by atoms with van der Waals surface area (Å²) in [7, 11) is 6.17. The summed E-state index contributed by atoms with van der Waals surface area (Å²) in [6, 6.07) is 9.67. The van der Waals surface area contributed by atoms with Crippen LogP contribution in [0.3, 0.4) is 0 Å². The zero-order chi connectivity index (χ0) is 23.0. The fourth-order valence-corrected chi connectivity index (χ4v) is 3.73. The molecule has 3 aromatic rings. The maximum atomic E-state index is 13.3. The van der Waals surface area contributed by atoms with Crippen LogP contribution in [0.5, 0.6) is 17.2 Å². The van der Waals surface area contributed by atoms with E-state index in [0.29, 0.717) is 11.3 Å². The first kappa shape index (κ1) is 21.0. The molecule has 9 nitrogen and oxygen atoms in total. The average molecular weight is 435 g/mol. The average Bonchev–Trinajstić information content (AvgIpc) is 3.11. The van der Waals surface area contributed by atoms with E-state index in [2.05, 4.69) is 5.32 Å². The molecule has 164 valence electrons. The van der Waals surface area contributed by atoms with Gasteiger partial charge in [0.05, 0.1) is 27.0 Å². The van der Waals surface area contributed by atoms with Crippen LogP contribution in [-0.4, -0.2) is 43.7 Å². The summed E-state index contributed by atoms with van der Waals surface area (Å²) < 4.78 is 17.8. The van der Waals surface area contributed by atoms with Gasteiger partial charge in [-0.1, -0.05) is 18.2 Å². The molecule has 1 saturated heterocycles. The van der Waals surface area contributed by atoms with Gasteiger partial charge < -0.3 is 18.8 Å². The van der Waals surface area contributed by atoms with Crippen LogP contribution in [-0.2, 0) is 16.6 Å². The number of anilines is 1. The molecule has 4 rings (SSSR count). The van der Waals surface area contributed by atoms with Gasteiger partial charge in [-0.25, -0.2) is 9.69 Å². The molecule has 1 aliphatic heterocycles. The van der Waals surface area contributed by atoms with E-state index in [1.54, 1.807) is 0 Å². The topological polar surface area (TPSA) is 99.1 Å². The molecule has 0 unspecified atom stereocenters. The van der Waals surface area contributed by atoms with E-state index in [4.69, 9.17) is 14.2 Å². The molecular weight excluding hydrogens is 414 g/mol. The number of carbonyl (C=O) groups is 3. The molecule has 2 heterocycles. The molecule has 0 bridgehead atoms. The maximum absolute atomic E-state index is 13.3. The van der Waals surface area contributed by atoms with Crippen molar-refractivity contribution in [1.29, 1.82) is 0 Å². The van der Waals surface area contributed by atoms with Crippen molar-refractivity contribution in [2.75, 3.05) is 26.2 Å². The molecule has 1 aromatic heterocycles. The largest absolute Gasteiger partial charge is 0.493 e. The number of methoxy groups -OCH3 is 3. The van der Waals surface area contributed by atoms with Gasteiger partial charge in [0.15, 0.2) is 11.5 Å². The second-order valence-electron chi connectivity index (χ2n) is 7.05. The summed E-state index contributed by atoms with van der Waals surface area (Å²) in [5, 5.41) is 3.10. The van der Waals surface area contributed by atoms with Crippen LogP contribution in [0.4, 0.5) is 10.5 Å². The van der Waals surface area contributed by atoms with E-state index >= 15 is 0 Å². The van der Waals surface area contributed by atoms with Crippen molar-refractivity contribution >= 4 is 40.5 Å². The molecule has 32 heavy (non-hydrogen) atoms. The van der Waals surface area contributed by atoms with Crippen LogP contribution in [0.25, 0.3) is 17.0 Å². The number of aryl methyl sites for hydroxylation is 1. The van der Waals surface area contributed by atoms with Gasteiger partial charge in [-0.2, -0.15) is 0 Å². The van der Waals surface area contributed by atoms with E-state index < -0.39 is 17.8 Å². The van der Waals surface area contributed by atoms with Gasteiger partial charge in [-0.05, 0) is 12.1 Å². The number of barbiturate groups is 1. The lowest BCUT2D eigenvalue weighted by atomic mass is 10.1. The Kier molecular flexibility index (Phi) is 5.31. The number of hydrogen-bond donors (Lipinski definition) is 1. The van der Waals surface area contributed by atoms with Crippen molar-refractivity contribution in [3.8, 4) is 17.2 Å². The second-order valence-corrected chi connectivity index (χ2v) is 7.05. The summed E-state index contributed by atoms with van der Waals surface area (Å²) in [5.41, 5.74) is 1.62. The number of para-hydroxylation sites is 1. The van der Waals surface area contributed by atoms with Gasteiger partial charge in [0.2, 0.25) is 5.75 Å². The molecule has 4 amide bonds. The lowest BCUT2D eigenvalue weighted by Crippen LogP contribution is -2.54. The number of urea groups is 1. The van der Waals surface area contributed by atoms with Gasteiger partial charge in [0.1, 0.15) is 5.57 Å². The van der Waals surface area contributed by atoms with Gasteiger partial charge in [-0.15, -0.1) is 0 Å². The van der Waals surface area contributed by atoms with E-state index in [1.165, 1.54) is 39.5 Å². The number of benzene rings is 2. The summed E-state index contributed by atoms with van der Waals surface area (Å²) >= 11 is 0. The Balaban J connectivity index is 1.82. The van der Waals surface area contributed by atoms with Crippen LogP contribution in [0.1, 0.15) is 5.56 Å². The molecule has 0 saturated carbocycles. The lowest BCUT2D eigenvalue weighted by molar-refractivity contribution is -0.122. The highest BCUT2D eigenvalue weighted by Gasteiger charge is 2.38. The Morgan fingerprint density at radius 3 is 2.22 bits per heavy atom. The van der Waals surface area contributed by atoms with Crippen LogP contribution in [0.2, 0.25) is 0 Å². The Morgan fingerprint density at radius 2 is 1.59 bits per heavy atom. The quantitative estimate of drug-likeness (QED) is 0.489. The summed E-state index contributed by atoms with van der Waals surface area (Å²) in [6.07, 6.45) is 3.30. The lowest BCUT2D eigenvalue weighted by Gasteiger charge is -2.27. The van der Waals surface area contributed by atoms with Crippen LogP contribution < -0.4 is 24.4 Å². The minimum Gasteiger partial charge on any atom is -0.493 e. The molecule has 9 heteroatoms. The third-order valence-corrected chi connectivity index (χ3v) is 5.24. The van der Waals surface area contributed by atoms with Gasteiger partial charge in [-0.3, -0.25) is 14.9 Å². The minimum absolute atomic E-state index is 0.165. The van der Waals surface area contributed by atoms with Gasteiger partial charge >= 0.3 is 6.03 Å². The van der Waals surface area contributed by atoms with E-state index in [0.717, 1.165) is 15.8 Å². The van der Waals surface area contributed by atoms with E-state index in [-0.39, 0.29) is 22.8 Å². The Hall–Kier alpha value is -4.27. The number of imide groups is 2. The Labute approximate surface area is 183 Å². The van der Waals surface area contributed by atoms with Gasteiger partial charge in [0.25, 0.3) is 11.8 Å². The number of amides is 4. The SMILES string of the molecule is COc1cc(N2C(=O)NC(=O)/C(=C/c3cn(C)c4ccccc34)C2=O)cc(OC)c1OC. The minimum atomic E-state index is -0.871. The summed E-state index contributed by atoms with van der Waals surface area (Å²) in [5.74, 6) is -0.693. The van der Waals surface area contributed by atoms with Crippen molar-refractivity contribution in [2.24, 2.45) is 7.05 Å². The van der Waals surface area contributed by atoms with Gasteiger partial charge in [0, 0.05) is 41.8 Å². The highest BCUT2D eigenvalue weighted by Crippen LogP contribution is 2.41. The molecule has 1 fully saturated rings. The third-order valence-electron chi connectivity index (χ3n) is 5.24. The van der Waals surface area contributed by atoms with E-state index in [9.17, 15) is 14.4 Å². The molecule has 1 N–H and O–H groups in total. The number of carbonyl (C=O) groups excluding carboxylic acids is 3. The molecular formula is C23H21N3O6. The monoisotopic (exact) mass is 435 g/mol. The number of fused-ring (bicyclic) bond motifs is 1. The predicted octanol–water partition coefficient (Wildman–Crippen LogP) is 2.87. The number of nitrogens with one attached hydrogen (secondary N) is 1. The maximum Gasteiger partial charge on any atom is 0.335 e. The Morgan fingerprint density at radius 1 is 0.938 bits per heavy atom.